The van der Waals surface area contributed by atoms with Crippen molar-refractivity contribution in [1.82, 2.24) is 10.2 Å². The summed E-state index contributed by atoms with van der Waals surface area (Å²) in [5, 5.41) is 3.50. The van der Waals surface area contributed by atoms with Crippen molar-refractivity contribution in [2.75, 3.05) is 6.54 Å². The topological polar surface area (TPSA) is 49.4 Å². The minimum Gasteiger partial charge on any atom is -0.354 e. The van der Waals surface area contributed by atoms with Crippen LogP contribution in [-0.2, 0) is 22.6 Å². The van der Waals surface area contributed by atoms with Gasteiger partial charge in [-0.3, -0.25) is 9.59 Å². The second-order valence-corrected chi connectivity index (χ2v) is 7.34. The second-order valence-electron chi connectivity index (χ2n) is 6.93. The standard InChI is InChI=1S/C23H29ClN2O2/c1-4-14-25-23(28)21(5-2)26(16-19-12-7-6-10-17(19)3)22(27)15-18-11-8-9-13-20(18)24/h6-13,21H,4-5,14-16H2,1-3H3,(H,25,28). The third-order valence-corrected chi connectivity index (χ3v) is 5.21. The van der Waals surface area contributed by atoms with Gasteiger partial charge < -0.3 is 10.2 Å². The Morgan fingerprint density at radius 3 is 2.29 bits per heavy atom. The maximum Gasteiger partial charge on any atom is 0.242 e. The highest BCUT2D eigenvalue weighted by Crippen LogP contribution is 2.20. The molecule has 2 amide bonds. The van der Waals surface area contributed by atoms with E-state index in [9.17, 15) is 9.59 Å². The molecule has 1 atom stereocenters. The highest BCUT2D eigenvalue weighted by atomic mass is 35.5. The van der Waals surface area contributed by atoms with Gasteiger partial charge in [0.05, 0.1) is 6.42 Å². The number of benzene rings is 2. The quantitative estimate of drug-likeness (QED) is 0.672. The number of amides is 2. The molecule has 0 aliphatic carbocycles. The van der Waals surface area contributed by atoms with Gasteiger partial charge in [0.25, 0.3) is 0 Å². The predicted octanol–water partition coefficient (Wildman–Crippen LogP) is 4.52. The van der Waals surface area contributed by atoms with Crippen LogP contribution in [0.3, 0.4) is 0 Å². The van der Waals surface area contributed by atoms with E-state index in [0.29, 0.717) is 24.5 Å². The lowest BCUT2D eigenvalue weighted by molar-refractivity contribution is -0.140. The number of nitrogens with one attached hydrogen (secondary N) is 1. The second kappa shape index (κ2) is 10.9. The van der Waals surface area contributed by atoms with Crippen molar-refractivity contribution in [3.63, 3.8) is 0 Å². The molecule has 0 fully saturated rings. The van der Waals surface area contributed by atoms with Crippen molar-refractivity contribution in [3.05, 3.63) is 70.2 Å². The number of halogens is 1. The number of hydrogen-bond acceptors (Lipinski definition) is 2. The van der Waals surface area contributed by atoms with Crippen LogP contribution in [0.5, 0.6) is 0 Å². The molecular formula is C23H29ClN2O2. The number of aryl methyl sites for hydroxylation is 1. The van der Waals surface area contributed by atoms with Crippen LogP contribution >= 0.6 is 11.6 Å². The van der Waals surface area contributed by atoms with E-state index < -0.39 is 6.04 Å². The van der Waals surface area contributed by atoms with E-state index in [2.05, 4.69) is 5.32 Å². The fraction of sp³-hybridized carbons (Fsp3) is 0.391. The molecule has 1 unspecified atom stereocenters. The van der Waals surface area contributed by atoms with Crippen LogP contribution in [0.1, 0.15) is 43.4 Å². The summed E-state index contributed by atoms with van der Waals surface area (Å²) in [5.41, 5.74) is 2.91. The lowest BCUT2D eigenvalue weighted by Crippen LogP contribution is -2.49. The summed E-state index contributed by atoms with van der Waals surface area (Å²) in [6.45, 7) is 6.96. The van der Waals surface area contributed by atoms with E-state index in [1.165, 1.54) is 0 Å². The number of rotatable bonds is 9. The Kier molecular flexibility index (Phi) is 8.52. The number of carbonyl (C=O) groups is 2. The van der Waals surface area contributed by atoms with Crippen LogP contribution in [0.2, 0.25) is 5.02 Å². The van der Waals surface area contributed by atoms with Crippen molar-refractivity contribution in [2.24, 2.45) is 0 Å². The molecule has 28 heavy (non-hydrogen) atoms. The van der Waals surface area contributed by atoms with E-state index in [1.54, 1.807) is 11.0 Å². The Morgan fingerprint density at radius 2 is 1.68 bits per heavy atom. The summed E-state index contributed by atoms with van der Waals surface area (Å²) >= 11 is 6.25. The van der Waals surface area contributed by atoms with E-state index >= 15 is 0 Å². The molecule has 0 aliphatic rings. The first kappa shape index (κ1) is 22.0. The summed E-state index contributed by atoms with van der Waals surface area (Å²) in [6, 6.07) is 14.8. The van der Waals surface area contributed by atoms with Gasteiger partial charge in [-0.2, -0.15) is 0 Å². The molecule has 5 heteroatoms. The van der Waals surface area contributed by atoms with Crippen LogP contribution < -0.4 is 5.32 Å². The number of hydrogen-bond donors (Lipinski definition) is 1. The van der Waals surface area contributed by atoms with Gasteiger partial charge in [0.2, 0.25) is 11.8 Å². The summed E-state index contributed by atoms with van der Waals surface area (Å²) in [7, 11) is 0. The SMILES string of the molecule is CCCNC(=O)C(CC)N(Cc1ccccc1C)C(=O)Cc1ccccc1Cl. The summed E-state index contributed by atoms with van der Waals surface area (Å²) < 4.78 is 0. The van der Waals surface area contributed by atoms with Crippen molar-refractivity contribution in [1.29, 1.82) is 0 Å². The van der Waals surface area contributed by atoms with Crippen molar-refractivity contribution >= 4 is 23.4 Å². The Bertz CT molecular complexity index is 807. The van der Waals surface area contributed by atoms with Crippen LogP contribution in [0, 0.1) is 6.92 Å². The molecule has 1 N–H and O–H groups in total. The van der Waals surface area contributed by atoms with Gasteiger partial charge >= 0.3 is 0 Å². The molecule has 0 aromatic heterocycles. The minimum absolute atomic E-state index is 0.102. The summed E-state index contributed by atoms with van der Waals surface area (Å²) in [6.07, 6.45) is 1.58. The fourth-order valence-corrected chi connectivity index (χ4v) is 3.37. The fourth-order valence-electron chi connectivity index (χ4n) is 3.16. The Hall–Kier alpha value is -2.33. The van der Waals surface area contributed by atoms with Crippen LogP contribution in [0.25, 0.3) is 0 Å². The zero-order valence-electron chi connectivity index (χ0n) is 16.9. The smallest absolute Gasteiger partial charge is 0.242 e. The van der Waals surface area contributed by atoms with Crippen LogP contribution in [0.15, 0.2) is 48.5 Å². The van der Waals surface area contributed by atoms with E-state index in [1.807, 2.05) is 63.2 Å². The first-order chi connectivity index (χ1) is 13.5. The van der Waals surface area contributed by atoms with Crippen molar-refractivity contribution in [3.8, 4) is 0 Å². The Morgan fingerprint density at radius 1 is 1.04 bits per heavy atom. The molecule has 0 saturated heterocycles. The van der Waals surface area contributed by atoms with Crippen LogP contribution in [0.4, 0.5) is 0 Å². The van der Waals surface area contributed by atoms with E-state index in [-0.39, 0.29) is 18.2 Å². The monoisotopic (exact) mass is 400 g/mol. The molecule has 150 valence electrons. The molecule has 0 bridgehead atoms. The third-order valence-electron chi connectivity index (χ3n) is 4.84. The molecule has 0 spiro atoms. The summed E-state index contributed by atoms with van der Waals surface area (Å²) in [4.78, 5) is 27.7. The normalized spacial score (nSPS) is 11.7. The van der Waals surface area contributed by atoms with Crippen LogP contribution in [-0.4, -0.2) is 29.3 Å². The highest BCUT2D eigenvalue weighted by Gasteiger charge is 2.29. The van der Waals surface area contributed by atoms with E-state index in [0.717, 1.165) is 23.1 Å². The molecule has 2 aromatic rings. The first-order valence-electron chi connectivity index (χ1n) is 9.83. The van der Waals surface area contributed by atoms with Gasteiger partial charge in [-0.05, 0) is 42.5 Å². The van der Waals surface area contributed by atoms with Crippen molar-refractivity contribution < 1.29 is 9.59 Å². The summed E-state index contributed by atoms with van der Waals surface area (Å²) in [5.74, 6) is -0.208. The van der Waals surface area contributed by atoms with Gasteiger partial charge in [0.15, 0.2) is 0 Å². The Labute approximate surface area is 172 Å². The number of nitrogens with zero attached hydrogens (tertiary/aromatic N) is 1. The Balaban J connectivity index is 2.31. The molecule has 0 heterocycles. The predicted molar refractivity (Wildman–Crippen MR) is 114 cm³/mol. The third kappa shape index (κ3) is 5.83. The van der Waals surface area contributed by atoms with Gasteiger partial charge in [-0.15, -0.1) is 0 Å². The molecule has 0 radical (unpaired) electrons. The first-order valence-corrected chi connectivity index (χ1v) is 10.2. The maximum absolute atomic E-state index is 13.2. The average molecular weight is 401 g/mol. The van der Waals surface area contributed by atoms with Gasteiger partial charge in [-0.1, -0.05) is 67.9 Å². The molecule has 0 aliphatic heterocycles. The number of carbonyl (C=O) groups excluding carboxylic acids is 2. The minimum atomic E-state index is -0.513. The lowest BCUT2D eigenvalue weighted by atomic mass is 10.0. The molecule has 2 aromatic carbocycles. The molecule has 2 rings (SSSR count). The van der Waals surface area contributed by atoms with Gasteiger partial charge in [0.1, 0.15) is 6.04 Å². The maximum atomic E-state index is 13.2. The van der Waals surface area contributed by atoms with Crippen molar-refractivity contribution in [2.45, 2.75) is 52.6 Å². The van der Waals surface area contributed by atoms with Gasteiger partial charge in [-0.25, -0.2) is 0 Å². The van der Waals surface area contributed by atoms with E-state index in [4.69, 9.17) is 11.6 Å². The molecule has 0 saturated carbocycles. The highest BCUT2D eigenvalue weighted by molar-refractivity contribution is 6.31. The molecule has 4 nitrogen and oxygen atoms in total. The molecular weight excluding hydrogens is 372 g/mol. The average Bonchev–Trinajstić information content (AvgIpc) is 2.69. The lowest BCUT2D eigenvalue weighted by Gasteiger charge is -2.31. The zero-order valence-corrected chi connectivity index (χ0v) is 17.6. The van der Waals surface area contributed by atoms with Gasteiger partial charge in [0, 0.05) is 18.1 Å². The zero-order chi connectivity index (χ0) is 20.5. The largest absolute Gasteiger partial charge is 0.354 e.